The molecule has 0 aliphatic carbocycles. The van der Waals surface area contributed by atoms with Gasteiger partial charge < -0.3 is 4.98 Å². The summed E-state index contributed by atoms with van der Waals surface area (Å²) in [5, 5.41) is 0. The molecule has 20 heavy (non-hydrogen) atoms. The summed E-state index contributed by atoms with van der Waals surface area (Å²) < 4.78 is 38.0. The first-order chi connectivity index (χ1) is 9.42. The van der Waals surface area contributed by atoms with Crippen LogP contribution in [0.1, 0.15) is 19.2 Å². The zero-order chi connectivity index (χ0) is 14.8. The molecule has 0 bridgehead atoms. The van der Waals surface area contributed by atoms with Gasteiger partial charge in [-0.05, 0) is 24.6 Å². The standard InChI is InChI=1S/C13H18FN3O2S/c1-3-8-20(18,19)17(2)7-6-13-15-11-5-4-10(14)9-12(11)16-13/h4-5,9H,3,6-8H2,1-2H3,(H,15,16). The van der Waals surface area contributed by atoms with Crippen molar-refractivity contribution in [3.8, 4) is 0 Å². The van der Waals surface area contributed by atoms with Gasteiger partial charge in [-0.2, -0.15) is 0 Å². The summed E-state index contributed by atoms with van der Waals surface area (Å²) in [6.07, 6.45) is 1.06. The van der Waals surface area contributed by atoms with Crippen LogP contribution in [0.3, 0.4) is 0 Å². The highest BCUT2D eigenvalue weighted by molar-refractivity contribution is 7.89. The van der Waals surface area contributed by atoms with Crippen LogP contribution in [0.15, 0.2) is 18.2 Å². The van der Waals surface area contributed by atoms with E-state index in [4.69, 9.17) is 0 Å². The molecule has 110 valence electrons. The Hall–Kier alpha value is -1.47. The lowest BCUT2D eigenvalue weighted by Gasteiger charge is -2.15. The monoisotopic (exact) mass is 299 g/mol. The molecule has 0 atom stereocenters. The maximum absolute atomic E-state index is 13.1. The molecule has 0 unspecified atom stereocenters. The number of likely N-dealkylation sites (N-methyl/N-ethyl adjacent to an activating group) is 1. The Bertz CT molecular complexity index is 697. The predicted molar refractivity (Wildman–Crippen MR) is 76.5 cm³/mol. The van der Waals surface area contributed by atoms with Gasteiger partial charge in [0.15, 0.2) is 0 Å². The number of hydrogen-bond acceptors (Lipinski definition) is 3. The van der Waals surface area contributed by atoms with E-state index < -0.39 is 10.0 Å². The highest BCUT2D eigenvalue weighted by Crippen LogP contribution is 2.13. The smallest absolute Gasteiger partial charge is 0.213 e. The predicted octanol–water partition coefficient (Wildman–Crippen LogP) is 1.92. The summed E-state index contributed by atoms with van der Waals surface area (Å²) in [5.74, 6) is 0.481. The average molecular weight is 299 g/mol. The number of aromatic nitrogens is 2. The number of sulfonamides is 1. The van der Waals surface area contributed by atoms with Crippen LogP contribution >= 0.6 is 0 Å². The van der Waals surface area contributed by atoms with E-state index in [0.29, 0.717) is 36.2 Å². The maximum atomic E-state index is 13.1. The first-order valence-electron chi connectivity index (χ1n) is 6.50. The summed E-state index contributed by atoms with van der Waals surface area (Å²) in [7, 11) is -1.62. The lowest BCUT2D eigenvalue weighted by atomic mass is 10.3. The van der Waals surface area contributed by atoms with Crippen molar-refractivity contribution in [3.63, 3.8) is 0 Å². The zero-order valence-electron chi connectivity index (χ0n) is 11.6. The van der Waals surface area contributed by atoms with Crippen molar-refractivity contribution in [3.05, 3.63) is 29.8 Å². The molecule has 1 aromatic heterocycles. The van der Waals surface area contributed by atoms with Crippen molar-refractivity contribution in [2.24, 2.45) is 0 Å². The number of benzene rings is 1. The van der Waals surface area contributed by atoms with E-state index in [1.807, 2.05) is 6.92 Å². The maximum Gasteiger partial charge on any atom is 0.213 e. The molecule has 0 aliphatic heterocycles. The van der Waals surface area contributed by atoms with Gasteiger partial charge in [-0.1, -0.05) is 6.92 Å². The quantitative estimate of drug-likeness (QED) is 0.886. The van der Waals surface area contributed by atoms with Crippen LogP contribution in [0.4, 0.5) is 4.39 Å². The van der Waals surface area contributed by atoms with Gasteiger partial charge in [0.25, 0.3) is 0 Å². The van der Waals surface area contributed by atoms with Crippen LogP contribution in [-0.4, -0.2) is 42.0 Å². The summed E-state index contributed by atoms with van der Waals surface area (Å²) >= 11 is 0. The van der Waals surface area contributed by atoms with Gasteiger partial charge in [-0.3, -0.25) is 0 Å². The number of rotatable bonds is 6. The van der Waals surface area contributed by atoms with E-state index in [2.05, 4.69) is 9.97 Å². The Labute approximate surface area is 117 Å². The number of nitrogens with one attached hydrogen (secondary N) is 1. The Balaban J connectivity index is 2.06. The van der Waals surface area contributed by atoms with Crippen molar-refractivity contribution < 1.29 is 12.8 Å². The summed E-state index contributed by atoms with van der Waals surface area (Å²) in [6.45, 7) is 2.18. The third-order valence-electron chi connectivity index (χ3n) is 3.09. The Morgan fingerprint density at radius 1 is 1.40 bits per heavy atom. The van der Waals surface area contributed by atoms with Crippen LogP contribution in [0.2, 0.25) is 0 Å². The largest absolute Gasteiger partial charge is 0.342 e. The van der Waals surface area contributed by atoms with Crippen LogP contribution in [-0.2, 0) is 16.4 Å². The summed E-state index contributed by atoms with van der Waals surface area (Å²) in [6, 6.07) is 4.33. The molecule has 0 saturated carbocycles. The molecule has 0 aliphatic rings. The van der Waals surface area contributed by atoms with Gasteiger partial charge in [-0.25, -0.2) is 22.1 Å². The van der Waals surface area contributed by atoms with Crippen molar-refractivity contribution in [2.75, 3.05) is 19.3 Å². The minimum absolute atomic E-state index is 0.148. The van der Waals surface area contributed by atoms with Crippen molar-refractivity contribution in [1.29, 1.82) is 0 Å². The van der Waals surface area contributed by atoms with Gasteiger partial charge in [-0.15, -0.1) is 0 Å². The highest BCUT2D eigenvalue weighted by Gasteiger charge is 2.16. The number of hydrogen-bond donors (Lipinski definition) is 1. The average Bonchev–Trinajstić information content (AvgIpc) is 2.77. The van der Waals surface area contributed by atoms with Gasteiger partial charge >= 0.3 is 0 Å². The lowest BCUT2D eigenvalue weighted by molar-refractivity contribution is 0.469. The van der Waals surface area contributed by atoms with E-state index in [9.17, 15) is 12.8 Å². The SMILES string of the molecule is CCCS(=O)(=O)N(C)CCc1nc2ccc(F)cc2[nH]1. The Kier molecular flexibility index (Phi) is 4.39. The number of imidazole rings is 1. The minimum Gasteiger partial charge on any atom is -0.342 e. The van der Waals surface area contributed by atoms with Crippen molar-refractivity contribution >= 4 is 21.1 Å². The molecule has 0 radical (unpaired) electrons. The number of aromatic amines is 1. The highest BCUT2D eigenvalue weighted by atomic mass is 32.2. The third-order valence-corrected chi connectivity index (χ3v) is 5.15. The number of halogens is 1. The zero-order valence-corrected chi connectivity index (χ0v) is 12.4. The molecule has 5 nitrogen and oxygen atoms in total. The molecule has 2 rings (SSSR count). The fourth-order valence-electron chi connectivity index (χ4n) is 1.97. The first-order valence-corrected chi connectivity index (χ1v) is 8.11. The fourth-order valence-corrected chi connectivity index (χ4v) is 3.17. The van der Waals surface area contributed by atoms with Crippen LogP contribution in [0, 0.1) is 5.82 Å². The fraction of sp³-hybridized carbons (Fsp3) is 0.462. The second-order valence-electron chi connectivity index (χ2n) is 4.73. The summed E-state index contributed by atoms with van der Waals surface area (Å²) in [4.78, 5) is 7.31. The second-order valence-corrected chi connectivity index (χ2v) is 6.93. The van der Waals surface area contributed by atoms with E-state index in [1.54, 1.807) is 13.1 Å². The molecule has 0 fully saturated rings. The van der Waals surface area contributed by atoms with Gasteiger partial charge in [0.2, 0.25) is 10.0 Å². The molecular weight excluding hydrogens is 281 g/mol. The Morgan fingerprint density at radius 3 is 2.85 bits per heavy atom. The number of nitrogens with zero attached hydrogens (tertiary/aromatic N) is 2. The lowest BCUT2D eigenvalue weighted by Crippen LogP contribution is -2.31. The molecule has 0 saturated heterocycles. The van der Waals surface area contributed by atoms with Crippen LogP contribution in [0.25, 0.3) is 11.0 Å². The number of fused-ring (bicyclic) bond motifs is 1. The first kappa shape index (κ1) is 14.9. The molecule has 7 heteroatoms. The molecule has 0 spiro atoms. The van der Waals surface area contributed by atoms with E-state index in [0.717, 1.165) is 0 Å². The minimum atomic E-state index is -3.19. The topological polar surface area (TPSA) is 66.1 Å². The Morgan fingerprint density at radius 2 is 2.15 bits per heavy atom. The van der Waals surface area contributed by atoms with E-state index >= 15 is 0 Å². The molecule has 1 N–H and O–H groups in total. The normalized spacial score (nSPS) is 12.4. The van der Waals surface area contributed by atoms with Crippen molar-refractivity contribution in [2.45, 2.75) is 19.8 Å². The molecule has 1 aromatic carbocycles. The van der Waals surface area contributed by atoms with E-state index in [1.165, 1.54) is 16.4 Å². The molecule has 1 heterocycles. The van der Waals surface area contributed by atoms with Crippen LogP contribution in [0.5, 0.6) is 0 Å². The molecular formula is C13H18FN3O2S. The van der Waals surface area contributed by atoms with Crippen molar-refractivity contribution in [1.82, 2.24) is 14.3 Å². The van der Waals surface area contributed by atoms with Gasteiger partial charge in [0.1, 0.15) is 11.6 Å². The molecule has 2 aromatic rings. The van der Waals surface area contributed by atoms with Gasteiger partial charge in [0, 0.05) is 20.0 Å². The second kappa shape index (κ2) is 5.88. The van der Waals surface area contributed by atoms with Crippen LogP contribution < -0.4 is 0 Å². The third kappa shape index (κ3) is 3.34. The van der Waals surface area contributed by atoms with E-state index in [-0.39, 0.29) is 11.6 Å². The van der Waals surface area contributed by atoms with Gasteiger partial charge in [0.05, 0.1) is 16.8 Å². The molecule has 0 amide bonds. The summed E-state index contributed by atoms with van der Waals surface area (Å²) in [5.41, 5.74) is 1.31. The number of H-pyrrole nitrogens is 1.